The average molecular weight is 457 g/mol. The number of aryl methyl sites for hydroxylation is 2. The van der Waals surface area contributed by atoms with Crippen molar-refractivity contribution in [2.75, 3.05) is 18.0 Å². The second-order valence-electron chi connectivity index (χ2n) is 9.15. The smallest absolute Gasteiger partial charge is 0.256 e. The van der Waals surface area contributed by atoms with Crippen LogP contribution in [0.5, 0.6) is 0 Å². The Bertz CT molecular complexity index is 1420. The summed E-state index contributed by atoms with van der Waals surface area (Å²) in [6.45, 7) is 3.33. The predicted octanol–water partition coefficient (Wildman–Crippen LogP) is 3.95. The summed E-state index contributed by atoms with van der Waals surface area (Å²) in [7, 11) is 0. The largest absolute Gasteiger partial charge is 0.369 e. The molecule has 1 aromatic carbocycles. The summed E-state index contributed by atoms with van der Waals surface area (Å²) >= 11 is 0. The topological polar surface area (TPSA) is 76.8 Å². The molecule has 0 spiro atoms. The molecule has 1 aliphatic carbocycles. The maximum absolute atomic E-state index is 14.5. The highest BCUT2D eigenvalue weighted by atomic mass is 19.1. The van der Waals surface area contributed by atoms with Crippen LogP contribution in [0.25, 0.3) is 11.2 Å². The summed E-state index contributed by atoms with van der Waals surface area (Å²) in [6.07, 6.45) is 9.76. The Hall–Kier alpha value is -3.68. The number of halogens is 1. The van der Waals surface area contributed by atoms with E-state index in [1.54, 1.807) is 35.4 Å². The third-order valence-electron chi connectivity index (χ3n) is 7.22. The standard InChI is InChI=1S/C26H25FN6O/c1-16-3-2-4-19(27)24(16)32-13-7-17(8-14-32)18-15-21-25(31-12-10-29-21)33(26(18)34)22-6-5-20-23(22)30-11-9-28-20/h2-4,9-12,15,17,22H,5-8,13-14H2,1H3/t22-/m1/s1. The second kappa shape index (κ2) is 8.27. The van der Waals surface area contributed by atoms with Crippen LogP contribution in [0.4, 0.5) is 10.1 Å². The molecule has 6 rings (SSSR count). The van der Waals surface area contributed by atoms with Crippen molar-refractivity contribution in [1.29, 1.82) is 0 Å². The van der Waals surface area contributed by atoms with Crippen LogP contribution >= 0.6 is 0 Å². The van der Waals surface area contributed by atoms with Crippen LogP contribution in [-0.4, -0.2) is 37.6 Å². The number of anilines is 1. The molecule has 0 bridgehead atoms. The monoisotopic (exact) mass is 456 g/mol. The Labute approximate surface area is 196 Å². The molecule has 8 heteroatoms. The van der Waals surface area contributed by atoms with Gasteiger partial charge in [0.1, 0.15) is 11.3 Å². The number of fused-ring (bicyclic) bond motifs is 2. The number of benzene rings is 1. The highest BCUT2D eigenvalue weighted by molar-refractivity contribution is 5.71. The maximum Gasteiger partial charge on any atom is 0.256 e. The minimum absolute atomic E-state index is 0.0305. The fourth-order valence-electron chi connectivity index (χ4n) is 5.60. The highest BCUT2D eigenvalue weighted by Crippen LogP contribution is 2.35. The number of aromatic nitrogens is 5. The van der Waals surface area contributed by atoms with Gasteiger partial charge in [-0.2, -0.15) is 0 Å². The summed E-state index contributed by atoms with van der Waals surface area (Å²) in [5.74, 6) is -0.112. The molecule has 4 heterocycles. The molecule has 3 aromatic heterocycles. The number of para-hydroxylation sites is 1. The lowest BCUT2D eigenvalue weighted by Gasteiger charge is -2.35. The molecular formula is C26H25FN6O. The molecule has 34 heavy (non-hydrogen) atoms. The molecule has 1 fully saturated rings. The number of nitrogens with zero attached hydrogens (tertiary/aromatic N) is 6. The molecule has 4 aromatic rings. The first-order valence-corrected chi connectivity index (χ1v) is 11.8. The zero-order chi connectivity index (χ0) is 23.2. The molecule has 1 saturated heterocycles. The maximum atomic E-state index is 14.5. The van der Waals surface area contributed by atoms with Crippen LogP contribution in [0.1, 0.15) is 53.7 Å². The van der Waals surface area contributed by atoms with E-state index in [1.807, 2.05) is 19.1 Å². The molecule has 0 unspecified atom stereocenters. The van der Waals surface area contributed by atoms with Crippen molar-refractivity contribution in [3.63, 3.8) is 0 Å². The highest BCUT2D eigenvalue weighted by Gasteiger charge is 2.32. The van der Waals surface area contributed by atoms with E-state index in [0.717, 1.165) is 48.2 Å². The Morgan fingerprint density at radius 1 is 0.971 bits per heavy atom. The van der Waals surface area contributed by atoms with Gasteiger partial charge in [-0.15, -0.1) is 0 Å². The van der Waals surface area contributed by atoms with E-state index < -0.39 is 0 Å². The van der Waals surface area contributed by atoms with Crippen LogP contribution in [0, 0.1) is 12.7 Å². The van der Waals surface area contributed by atoms with E-state index in [0.29, 0.717) is 29.9 Å². The van der Waals surface area contributed by atoms with Gasteiger partial charge in [-0.25, -0.2) is 9.37 Å². The van der Waals surface area contributed by atoms with Crippen LogP contribution in [-0.2, 0) is 6.42 Å². The van der Waals surface area contributed by atoms with E-state index in [-0.39, 0.29) is 23.3 Å². The Balaban J connectivity index is 1.38. The van der Waals surface area contributed by atoms with Crippen molar-refractivity contribution >= 4 is 16.9 Å². The van der Waals surface area contributed by atoms with Gasteiger partial charge in [-0.1, -0.05) is 12.1 Å². The summed E-state index contributed by atoms with van der Waals surface area (Å²) in [5, 5.41) is 0. The molecule has 172 valence electrons. The molecule has 0 radical (unpaired) electrons. The molecule has 0 amide bonds. The van der Waals surface area contributed by atoms with Crippen molar-refractivity contribution in [2.45, 2.75) is 44.6 Å². The molecule has 1 aliphatic heterocycles. The quantitative estimate of drug-likeness (QED) is 0.465. The van der Waals surface area contributed by atoms with Gasteiger partial charge in [0.2, 0.25) is 0 Å². The van der Waals surface area contributed by atoms with Gasteiger partial charge in [-0.05, 0) is 56.2 Å². The van der Waals surface area contributed by atoms with Crippen LogP contribution in [0.2, 0.25) is 0 Å². The first-order chi connectivity index (χ1) is 16.6. The summed E-state index contributed by atoms with van der Waals surface area (Å²) in [5.41, 5.74) is 5.41. The van der Waals surface area contributed by atoms with E-state index >= 15 is 0 Å². The number of rotatable bonds is 3. The second-order valence-corrected chi connectivity index (χ2v) is 9.15. The summed E-state index contributed by atoms with van der Waals surface area (Å²) in [4.78, 5) is 34.1. The predicted molar refractivity (Wildman–Crippen MR) is 128 cm³/mol. The van der Waals surface area contributed by atoms with Crippen LogP contribution < -0.4 is 10.5 Å². The van der Waals surface area contributed by atoms with E-state index in [2.05, 4.69) is 24.8 Å². The minimum atomic E-state index is -0.198. The van der Waals surface area contributed by atoms with Crippen molar-refractivity contribution in [3.8, 4) is 0 Å². The van der Waals surface area contributed by atoms with Crippen molar-refractivity contribution < 1.29 is 4.39 Å². The van der Waals surface area contributed by atoms with Crippen LogP contribution in [0.3, 0.4) is 0 Å². The van der Waals surface area contributed by atoms with Crippen molar-refractivity contribution in [1.82, 2.24) is 24.5 Å². The van der Waals surface area contributed by atoms with Gasteiger partial charge in [0.05, 0.1) is 23.1 Å². The van der Waals surface area contributed by atoms with Gasteiger partial charge in [-0.3, -0.25) is 24.3 Å². The summed E-state index contributed by atoms with van der Waals surface area (Å²) < 4.78 is 16.3. The Kier molecular flexibility index (Phi) is 5.08. The Morgan fingerprint density at radius 2 is 1.74 bits per heavy atom. The van der Waals surface area contributed by atoms with Gasteiger partial charge >= 0.3 is 0 Å². The molecule has 1 atom stereocenters. The lowest BCUT2D eigenvalue weighted by atomic mass is 9.89. The molecule has 0 saturated carbocycles. The number of piperidine rings is 1. The third-order valence-corrected chi connectivity index (χ3v) is 7.22. The zero-order valence-corrected chi connectivity index (χ0v) is 19.0. The molecule has 0 N–H and O–H groups in total. The van der Waals surface area contributed by atoms with Crippen molar-refractivity contribution in [3.05, 3.63) is 87.7 Å². The Morgan fingerprint density at radius 3 is 2.56 bits per heavy atom. The van der Waals surface area contributed by atoms with Gasteiger partial charge in [0.25, 0.3) is 5.56 Å². The van der Waals surface area contributed by atoms with Gasteiger partial charge in [0.15, 0.2) is 5.65 Å². The van der Waals surface area contributed by atoms with Crippen molar-refractivity contribution in [2.24, 2.45) is 0 Å². The van der Waals surface area contributed by atoms with Gasteiger partial charge in [0, 0.05) is 43.4 Å². The lowest BCUT2D eigenvalue weighted by molar-refractivity contribution is 0.485. The number of pyridine rings is 1. The normalized spacial score (nSPS) is 18.4. The molecular weight excluding hydrogens is 431 g/mol. The minimum Gasteiger partial charge on any atom is -0.369 e. The first kappa shape index (κ1) is 20.9. The van der Waals surface area contributed by atoms with Crippen LogP contribution in [0.15, 0.2) is 53.8 Å². The molecule has 7 nitrogen and oxygen atoms in total. The van der Waals surface area contributed by atoms with E-state index in [1.165, 1.54) is 6.07 Å². The fourth-order valence-corrected chi connectivity index (χ4v) is 5.60. The van der Waals surface area contributed by atoms with E-state index in [9.17, 15) is 9.18 Å². The lowest BCUT2D eigenvalue weighted by Crippen LogP contribution is -2.37. The number of hydrogen-bond acceptors (Lipinski definition) is 6. The zero-order valence-electron chi connectivity index (χ0n) is 19.0. The summed E-state index contributed by atoms with van der Waals surface area (Å²) in [6, 6.07) is 6.90. The third kappa shape index (κ3) is 3.36. The SMILES string of the molecule is Cc1cccc(F)c1N1CCC(c2cc3nccnc3n([C@@H]3CCc4nccnc43)c2=O)CC1. The molecule has 2 aliphatic rings. The first-order valence-electron chi connectivity index (χ1n) is 11.8. The number of hydrogen-bond donors (Lipinski definition) is 0. The fraction of sp³-hybridized carbons (Fsp3) is 0.346. The van der Waals surface area contributed by atoms with E-state index in [4.69, 9.17) is 0 Å². The average Bonchev–Trinajstić information content (AvgIpc) is 3.28. The van der Waals surface area contributed by atoms with Gasteiger partial charge < -0.3 is 4.90 Å².